The van der Waals surface area contributed by atoms with Gasteiger partial charge < -0.3 is 10.2 Å². The summed E-state index contributed by atoms with van der Waals surface area (Å²) in [6.07, 6.45) is 4.66. The van der Waals surface area contributed by atoms with Gasteiger partial charge in [0, 0.05) is 6.54 Å². The topological polar surface area (TPSA) is 72.4 Å². The van der Waals surface area contributed by atoms with Crippen LogP contribution < -0.4 is 5.73 Å². The first-order chi connectivity index (χ1) is 9.74. The predicted octanol–water partition coefficient (Wildman–Crippen LogP) is 2.24. The van der Waals surface area contributed by atoms with E-state index in [4.69, 9.17) is 10.2 Å². The summed E-state index contributed by atoms with van der Waals surface area (Å²) in [4.78, 5) is 19.1. The van der Waals surface area contributed by atoms with Crippen molar-refractivity contribution in [2.75, 3.05) is 6.54 Å². The van der Waals surface area contributed by atoms with Gasteiger partial charge in [-0.15, -0.1) is 11.3 Å². The number of carbonyl (C=O) groups excluding carboxylic acids is 1. The lowest BCUT2D eigenvalue weighted by Gasteiger charge is -2.32. The molecule has 6 heteroatoms. The highest BCUT2D eigenvalue weighted by atomic mass is 32.1. The van der Waals surface area contributed by atoms with Crippen LogP contribution in [0.4, 0.5) is 0 Å². The Bertz CT molecular complexity index is 579. The molecule has 2 aromatic heterocycles. The maximum absolute atomic E-state index is 11.5. The van der Waals surface area contributed by atoms with E-state index in [1.807, 2.05) is 17.5 Å². The number of aromatic nitrogens is 1. The van der Waals surface area contributed by atoms with E-state index in [-0.39, 0.29) is 11.9 Å². The molecule has 2 N–H and O–H groups in total. The molecule has 106 valence electrons. The number of piperidine rings is 1. The zero-order chi connectivity index (χ0) is 13.9. The van der Waals surface area contributed by atoms with E-state index >= 15 is 0 Å². The summed E-state index contributed by atoms with van der Waals surface area (Å²) in [6, 6.07) is 3.77. The zero-order valence-electron chi connectivity index (χ0n) is 11.1. The van der Waals surface area contributed by atoms with Crippen LogP contribution >= 0.6 is 11.3 Å². The van der Waals surface area contributed by atoms with E-state index in [9.17, 15) is 4.79 Å². The number of thiophene rings is 1. The zero-order valence-corrected chi connectivity index (χ0v) is 11.9. The second kappa shape index (κ2) is 5.76. The van der Waals surface area contributed by atoms with Crippen molar-refractivity contribution in [3.05, 3.63) is 29.5 Å². The van der Waals surface area contributed by atoms with Crippen molar-refractivity contribution >= 4 is 17.2 Å². The number of nitrogens with zero attached hydrogens (tertiary/aromatic N) is 2. The largest absolute Gasteiger partial charge is 0.444 e. The standard InChI is InChI=1S/C14H17N3O2S/c15-13(18)11-4-1-2-6-17(11)8-10-9-19-14(16-10)12-5-3-7-20-12/h3,5,7,9,11H,1-2,4,6,8H2,(H2,15,18)/t11-/m1/s1. The van der Waals surface area contributed by atoms with Crippen LogP contribution in [0, 0.1) is 0 Å². The van der Waals surface area contributed by atoms with E-state index in [1.165, 1.54) is 0 Å². The third-order valence-electron chi connectivity index (χ3n) is 3.59. The molecule has 1 amide bonds. The van der Waals surface area contributed by atoms with Gasteiger partial charge in [-0.3, -0.25) is 9.69 Å². The molecule has 0 bridgehead atoms. The molecule has 0 aliphatic carbocycles. The Morgan fingerprint density at radius 2 is 2.45 bits per heavy atom. The second-order valence-corrected chi connectivity index (χ2v) is 5.95. The third kappa shape index (κ3) is 2.76. The van der Waals surface area contributed by atoms with E-state index < -0.39 is 0 Å². The molecule has 20 heavy (non-hydrogen) atoms. The summed E-state index contributed by atoms with van der Waals surface area (Å²) in [6.45, 7) is 1.50. The predicted molar refractivity (Wildman–Crippen MR) is 77.1 cm³/mol. The Morgan fingerprint density at radius 3 is 3.20 bits per heavy atom. The van der Waals surface area contributed by atoms with Crippen molar-refractivity contribution in [1.29, 1.82) is 0 Å². The molecular weight excluding hydrogens is 274 g/mol. The number of hydrogen-bond acceptors (Lipinski definition) is 5. The lowest BCUT2D eigenvalue weighted by molar-refractivity contribution is -0.124. The van der Waals surface area contributed by atoms with Gasteiger partial charge in [-0.25, -0.2) is 4.98 Å². The maximum Gasteiger partial charge on any atom is 0.236 e. The van der Waals surface area contributed by atoms with Gasteiger partial charge in [0.1, 0.15) is 6.26 Å². The minimum absolute atomic E-state index is 0.175. The van der Waals surface area contributed by atoms with Crippen molar-refractivity contribution in [3.8, 4) is 10.8 Å². The highest BCUT2D eigenvalue weighted by Crippen LogP contribution is 2.25. The fourth-order valence-corrected chi connectivity index (χ4v) is 3.26. The Balaban J connectivity index is 1.72. The molecule has 1 aliphatic heterocycles. The molecule has 0 saturated carbocycles. The van der Waals surface area contributed by atoms with Crippen LogP contribution in [-0.2, 0) is 11.3 Å². The summed E-state index contributed by atoms with van der Waals surface area (Å²) in [5.74, 6) is 0.398. The number of primary amides is 1. The van der Waals surface area contributed by atoms with Crippen molar-refractivity contribution in [3.63, 3.8) is 0 Å². The first-order valence-electron chi connectivity index (χ1n) is 6.75. The summed E-state index contributed by atoms with van der Waals surface area (Å²) >= 11 is 1.60. The molecular formula is C14H17N3O2S. The Kier molecular flexibility index (Phi) is 3.84. The molecule has 1 atom stereocenters. The van der Waals surface area contributed by atoms with Crippen molar-refractivity contribution in [2.24, 2.45) is 5.73 Å². The maximum atomic E-state index is 11.5. The summed E-state index contributed by atoms with van der Waals surface area (Å²) in [5.41, 5.74) is 6.32. The van der Waals surface area contributed by atoms with Crippen molar-refractivity contribution in [2.45, 2.75) is 31.8 Å². The van der Waals surface area contributed by atoms with Crippen LogP contribution in [0.1, 0.15) is 25.0 Å². The first kappa shape index (κ1) is 13.3. The monoisotopic (exact) mass is 291 g/mol. The van der Waals surface area contributed by atoms with Gasteiger partial charge in [0.2, 0.25) is 11.8 Å². The van der Waals surface area contributed by atoms with E-state index in [2.05, 4.69) is 9.88 Å². The molecule has 0 spiro atoms. The van der Waals surface area contributed by atoms with Gasteiger partial charge in [-0.2, -0.15) is 0 Å². The normalized spacial score (nSPS) is 20.1. The fraction of sp³-hybridized carbons (Fsp3) is 0.429. The lowest BCUT2D eigenvalue weighted by atomic mass is 10.0. The summed E-state index contributed by atoms with van der Waals surface area (Å²) in [5, 5.41) is 1.99. The van der Waals surface area contributed by atoms with Crippen LogP contribution in [0.2, 0.25) is 0 Å². The van der Waals surface area contributed by atoms with Crippen molar-refractivity contribution in [1.82, 2.24) is 9.88 Å². The highest BCUT2D eigenvalue weighted by molar-refractivity contribution is 7.13. The first-order valence-corrected chi connectivity index (χ1v) is 7.63. The third-order valence-corrected chi connectivity index (χ3v) is 4.45. The number of carbonyl (C=O) groups is 1. The van der Waals surface area contributed by atoms with Crippen LogP contribution in [0.3, 0.4) is 0 Å². The van der Waals surface area contributed by atoms with Gasteiger partial charge in [0.25, 0.3) is 0 Å². The van der Waals surface area contributed by atoms with Crippen LogP contribution in [-0.4, -0.2) is 28.4 Å². The Labute approximate surface area is 121 Å². The number of nitrogens with two attached hydrogens (primary N) is 1. The average molecular weight is 291 g/mol. The van der Waals surface area contributed by atoms with Gasteiger partial charge in [-0.1, -0.05) is 12.5 Å². The van der Waals surface area contributed by atoms with Crippen LogP contribution in [0.15, 0.2) is 28.2 Å². The molecule has 3 rings (SSSR count). The fourth-order valence-electron chi connectivity index (χ4n) is 2.60. The van der Waals surface area contributed by atoms with E-state index in [0.717, 1.165) is 36.4 Å². The lowest BCUT2D eigenvalue weighted by Crippen LogP contribution is -2.47. The van der Waals surface area contributed by atoms with E-state index in [1.54, 1.807) is 17.6 Å². The summed E-state index contributed by atoms with van der Waals surface area (Å²) < 4.78 is 5.50. The van der Waals surface area contributed by atoms with Crippen LogP contribution in [0.5, 0.6) is 0 Å². The van der Waals surface area contributed by atoms with E-state index in [0.29, 0.717) is 12.4 Å². The molecule has 0 radical (unpaired) electrons. The number of hydrogen-bond donors (Lipinski definition) is 1. The van der Waals surface area contributed by atoms with Crippen LogP contribution in [0.25, 0.3) is 10.8 Å². The molecule has 0 unspecified atom stereocenters. The minimum atomic E-state index is -0.244. The molecule has 2 aromatic rings. The number of rotatable bonds is 4. The number of oxazole rings is 1. The van der Waals surface area contributed by atoms with Crippen molar-refractivity contribution < 1.29 is 9.21 Å². The molecule has 3 heterocycles. The second-order valence-electron chi connectivity index (χ2n) is 5.01. The SMILES string of the molecule is NC(=O)[C@H]1CCCCN1Cc1coc(-c2cccs2)n1. The average Bonchev–Trinajstić information content (AvgIpc) is 3.09. The molecule has 0 aromatic carbocycles. The Morgan fingerprint density at radius 1 is 1.55 bits per heavy atom. The number of likely N-dealkylation sites (tertiary alicyclic amines) is 1. The van der Waals surface area contributed by atoms with Gasteiger partial charge >= 0.3 is 0 Å². The molecule has 1 saturated heterocycles. The smallest absolute Gasteiger partial charge is 0.236 e. The van der Waals surface area contributed by atoms with Gasteiger partial charge in [0.05, 0.1) is 16.6 Å². The number of amides is 1. The van der Waals surface area contributed by atoms with Gasteiger partial charge in [-0.05, 0) is 30.8 Å². The highest BCUT2D eigenvalue weighted by Gasteiger charge is 2.27. The molecule has 1 fully saturated rings. The Hall–Kier alpha value is -1.66. The van der Waals surface area contributed by atoms with Gasteiger partial charge in [0.15, 0.2) is 0 Å². The molecule has 1 aliphatic rings. The molecule has 5 nitrogen and oxygen atoms in total. The quantitative estimate of drug-likeness (QED) is 0.937. The minimum Gasteiger partial charge on any atom is -0.444 e. The summed E-state index contributed by atoms with van der Waals surface area (Å²) in [7, 11) is 0.